The Morgan fingerprint density at radius 1 is 0.862 bits per heavy atom. The number of unbranched alkanes of at least 4 members (excludes halogenated alkanes) is 3. The van der Waals surface area contributed by atoms with Gasteiger partial charge in [-0.15, -0.1) is 6.58 Å². The lowest BCUT2D eigenvalue weighted by molar-refractivity contribution is 0.0868. The number of allylic oxidation sites excluding steroid dienone is 1. The molecule has 1 aliphatic carbocycles. The molecule has 0 aromatic carbocycles. The van der Waals surface area contributed by atoms with Crippen LogP contribution in [0.5, 0.6) is 0 Å². The zero-order chi connectivity index (χ0) is 21.5. The van der Waals surface area contributed by atoms with Gasteiger partial charge in [0.1, 0.15) is 0 Å². The van der Waals surface area contributed by atoms with E-state index in [1.54, 1.807) is 0 Å². The lowest BCUT2D eigenvalue weighted by atomic mass is 9.63. The third-order valence-electron chi connectivity index (χ3n) is 8.35. The van der Waals surface area contributed by atoms with Crippen molar-refractivity contribution in [1.29, 1.82) is 0 Å². The van der Waals surface area contributed by atoms with Gasteiger partial charge in [-0.05, 0) is 54.8 Å². The third kappa shape index (κ3) is 10.5. The van der Waals surface area contributed by atoms with E-state index in [1.807, 2.05) is 0 Å². The van der Waals surface area contributed by atoms with Crippen molar-refractivity contribution in [1.82, 2.24) is 0 Å². The van der Waals surface area contributed by atoms with Crippen LogP contribution in [0.25, 0.3) is 0 Å². The Kier molecular flexibility index (Phi) is 14.3. The third-order valence-corrected chi connectivity index (χ3v) is 8.35. The van der Waals surface area contributed by atoms with E-state index in [0.717, 1.165) is 23.7 Å². The highest BCUT2D eigenvalue weighted by Gasteiger charge is 2.36. The summed E-state index contributed by atoms with van der Waals surface area (Å²) < 4.78 is 0. The molecule has 0 aromatic heterocycles. The maximum absolute atomic E-state index is 4.01. The first-order valence-corrected chi connectivity index (χ1v) is 13.6. The quantitative estimate of drug-likeness (QED) is 0.167. The van der Waals surface area contributed by atoms with Crippen LogP contribution >= 0.6 is 0 Å². The van der Waals surface area contributed by atoms with Crippen LogP contribution < -0.4 is 0 Å². The molecule has 0 aromatic rings. The Labute approximate surface area is 185 Å². The van der Waals surface area contributed by atoms with Gasteiger partial charge in [0, 0.05) is 0 Å². The molecule has 0 spiro atoms. The summed E-state index contributed by atoms with van der Waals surface area (Å²) in [5, 5.41) is 0. The monoisotopic (exact) mass is 404 g/mol. The normalized spacial score (nSPS) is 20.7. The topological polar surface area (TPSA) is 0 Å². The molecular formula is C29H56. The Morgan fingerprint density at radius 3 is 2.17 bits per heavy atom. The summed E-state index contributed by atoms with van der Waals surface area (Å²) in [6, 6.07) is 0. The second kappa shape index (κ2) is 15.5. The SMILES string of the molecule is C=CCC(C)C(C)CC(CC)(CC(CCC)CCCCCC)CC1CCCCC1. The minimum absolute atomic E-state index is 0.585. The summed E-state index contributed by atoms with van der Waals surface area (Å²) in [7, 11) is 0. The van der Waals surface area contributed by atoms with E-state index in [9.17, 15) is 0 Å². The van der Waals surface area contributed by atoms with Crippen molar-refractivity contribution in [3.8, 4) is 0 Å². The van der Waals surface area contributed by atoms with Gasteiger partial charge in [-0.2, -0.15) is 0 Å². The zero-order valence-corrected chi connectivity index (χ0v) is 21.1. The van der Waals surface area contributed by atoms with E-state index < -0.39 is 0 Å². The van der Waals surface area contributed by atoms with E-state index in [-0.39, 0.29) is 0 Å². The number of rotatable bonds is 17. The molecule has 29 heavy (non-hydrogen) atoms. The van der Waals surface area contributed by atoms with Crippen LogP contribution in [0.4, 0.5) is 0 Å². The van der Waals surface area contributed by atoms with Gasteiger partial charge < -0.3 is 0 Å². The Bertz CT molecular complexity index is 391. The summed E-state index contributed by atoms with van der Waals surface area (Å²) in [6.45, 7) is 16.3. The Hall–Kier alpha value is -0.260. The molecule has 172 valence electrons. The fourth-order valence-electron chi connectivity index (χ4n) is 6.29. The van der Waals surface area contributed by atoms with Crippen molar-refractivity contribution in [2.75, 3.05) is 0 Å². The summed E-state index contributed by atoms with van der Waals surface area (Å²) in [5.41, 5.74) is 0.585. The number of hydrogen-bond acceptors (Lipinski definition) is 0. The fourth-order valence-corrected chi connectivity index (χ4v) is 6.29. The van der Waals surface area contributed by atoms with Gasteiger partial charge in [-0.25, -0.2) is 0 Å². The first-order valence-electron chi connectivity index (χ1n) is 13.6. The minimum Gasteiger partial charge on any atom is -0.103 e. The van der Waals surface area contributed by atoms with Gasteiger partial charge in [0.25, 0.3) is 0 Å². The van der Waals surface area contributed by atoms with Crippen molar-refractivity contribution < 1.29 is 0 Å². The van der Waals surface area contributed by atoms with Gasteiger partial charge in [0.05, 0.1) is 0 Å². The summed E-state index contributed by atoms with van der Waals surface area (Å²) in [5.74, 6) is 3.56. The van der Waals surface area contributed by atoms with Gasteiger partial charge in [-0.1, -0.05) is 124 Å². The molecule has 4 atom stereocenters. The second-order valence-corrected chi connectivity index (χ2v) is 11.0. The first kappa shape index (κ1) is 26.8. The molecule has 0 bridgehead atoms. The van der Waals surface area contributed by atoms with E-state index in [1.165, 1.54) is 109 Å². The number of hydrogen-bond donors (Lipinski definition) is 0. The van der Waals surface area contributed by atoms with Crippen LogP contribution in [0.1, 0.15) is 144 Å². The lowest BCUT2D eigenvalue weighted by Gasteiger charge is -2.43. The lowest BCUT2D eigenvalue weighted by Crippen LogP contribution is -2.31. The molecular weight excluding hydrogens is 348 g/mol. The van der Waals surface area contributed by atoms with Crippen LogP contribution in [0, 0.1) is 29.1 Å². The Morgan fingerprint density at radius 2 is 1.59 bits per heavy atom. The van der Waals surface area contributed by atoms with Gasteiger partial charge in [0.2, 0.25) is 0 Å². The first-order chi connectivity index (χ1) is 14.0. The van der Waals surface area contributed by atoms with Crippen LogP contribution in [0.15, 0.2) is 12.7 Å². The summed E-state index contributed by atoms with van der Waals surface area (Å²) in [6.07, 6.45) is 26.7. The summed E-state index contributed by atoms with van der Waals surface area (Å²) >= 11 is 0. The zero-order valence-electron chi connectivity index (χ0n) is 21.1. The average Bonchev–Trinajstić information content (AvgIpc) is 2.72. The predicted molar refractivity (Wildman–Crippen MR) is 133 cm³/mol. The molecule has 1 saturated carbocycles. The molecule has 0 heteroatoms. The van der Waals surface area contributed by atoms with Crippen molar-refractivity contribution in [2.24, 2.45) is 29.1 Å². The molecule has 0 radical (unpaired) electrons. The molecule has 0 heterocycles. The van der Waals surface area contributed by atoms with Crippen LogP contribution in [-0.4, -0.2) is 0 Å². The largest absolute Gasteiger partial charge is 0.103 e. The predicted octanol–water partition coefficient (Wildman–Crippen LogP) is 10.4. The van der Waals surface area contributed by atoms with Gasteiger partial charge in [0.15, 0.2) is 0 Å². The smallest absolute Gasteiger partial charge is 0.0292 e. The maximum Gasteiger partial charge on any atom is -0.0292 e. The van der Waals surface area contributed by atoms with Crippen molar-refractivity contribution >= 4 is 0 Å². The van der Waals surface area contributed by atoms with Crippen molar-refractivity contribution in [3.63, 3.8) is 0 Å². The van der Waals surface area contributed by atoms with Crippen LogP contribution in [0.3, 0.4) is 0 Å². The fraction of sp³-hybridized carbons (Fsp3) is 0.931. The maximum atomic E-state index is 4.01. The highest BCUT2D eigenvalue weighted by Crippen LogP contribution is 2.48. The van der Waals surface area contributed by atoms with Crippen LogP contribution in [0.2, 0.25) is 0 Å². The molecule has 1 rings (SSSR count). The van der Waals surface area contributed by atoms with E-state index in [4.69, 9.17) is 0 Å². The summed E-state index contributed by atoms with van der Waals surface area (Å²) in [4.78, 5) is 0. The highest BCUT2D eigenvalue weighted by molar-refractivity contribution is 4.88. The molecule has 1 aliphatic rings. The van der Waals surface area contributed by atoms with Crippen molar-refractivity contribution in [3.05, 3.63) is 12.7 Å². The molecule has 0 N–H and O–H groups in total. The van der Waals surface area contributed by atoms with Crippen molar-refractivity contribution in [2.45, 2.75) is 144 Å². The second-order valence-electron chi connectivity index (χ2n) is 11.0. The standard InChI is InChI=1S/C29H56/c1-7-11-12-14-19-27(18-9-3)23-29(10-4,22-26(6)25(5)17-8-2)24-28-20-15-13-16-21-28/h8,25-28H,2,7,9-24H2,1,3-6H3. The minimum atomic E-state index is 0.585. The molecule has 0 saturated heterocycles. The average molecular weight is 405 g/mol. The molecule has 4 unspecified atom stereocenters. The molecule has 1 fully saturated rings. The van der Waals surface area contributed by atoms with E-state index in [0.29, 0.717) is 5.41 Å². The molecule has 0 amide bonds. The molecule has 0 nitrogen and oxygen atoms in total. The van der Waals surface area contributed by atoms with Gasteiger partial charge >= 0.3 is 0 Å². The van der Waals surface area contributed by atoms with E-state index in [2.05, 4.69) is 47.3 Å². The van der Waals surface area contributed by atoms with Crippen LogP contribution in [-0.2, 0) is 0 Å². The Balaban J connectivity index is 2.89. The van der Waals surface area contributed by atoms with E-state index >= 15 is 0 Å². The van der Waals surface area contributed by atoms with Gasteiger partial charge in [-0.3, -0.25) is 0 Å². The molecule has 0 aliphatic heterocycles. The highest BCUT2D eigenvalue weighted by atomic mass is 14.4.